The molecule has 6 nitrogen and oxygen atoms in total. The first kappa shape index (κ1) is 16.1. The number of aryl methyl sites for hydroxylation is 1. The minimum Gasteiger partial charge on any atom is -0.361 e. The number of hydrogen-bond acceptors (Lipinski definition) is 3. The van der Waals surface area contributed by atoms with Crippen molar-refractivity contribution in [3.63, 3.8) is 0 Å². The fourth-order valence-electron chi connectivity index (χ4n) is 3.23. The number of rotatable bonds is 4. The maximum absolute atomic E-state index is 12.4. The average Bonchev–Trinajstić information content (AvgIpc) is 3.18. The van der Waals surface area contributed by atoms with Crippen molar-refractivity contribution < 1.29 is 14.4 Å². The zero-order valence-corrected chi connectivity index (χ0v) is 14.2. The maximum Gasteiger partial charge on any atom is 0.261 e. The van der Waals surface area contributed by atoms with E-state index in [9.17, 15) is 14.4 Å². The lowest BCUT2D eigenvalue weighted by molar-refractivity contribution is -0.116. The van der Waals surface area contributed by atoms with Gasteiger partial charge in [0.1, 0.15) is 0 Å². The first-order chi connectivity index (χ1) is 12.5. The summed E-state index contributed by atoms with van der Waals surface area (Å²) in [7, 11) is 0. The molecule has 2 aromatic carbocycles. The third-order valence-electron chi connectivity index (χ3n) is 4.56. The first-order valence-corrected chi connectivity index (χ1v) is 8.37. The fourth-order valence-corrected chi connectivity index (χ4v) is 3.23. The van der Waals surface area contributed by atoms with E-state index in [0.29, 0.717) is 16.8 Å². The van der Waals surface area contributed by atoms with Crippen LogP contribution < -0.4 is 5.32 Å². The third kappa shape index (κ3) is 2.65. The highest BCUT2D eigenvalue weighted by molar-refractivity contribution is 6.21. The number of amides is 3. The van der Waals surface area contributed by atoms with E-state index < -0.39 is 0 Å². The summed E-state index contributed by atoms with van der Waals surface area (Å²) >= 11 is 0. The molecule has 1 aliphatic heterocycles. The van der Waals surface area contributed by atoms with Gasteiger partial charge in [0.2, 0.25) is 5.91 Å². The minimum atomic E-state index is -0.342. The van der Waals surface area contributed by atoms with Gasteiger partial charge < -0.3 is 10.3 Å². The second-order valence-electron chi connectivity index (χ2n) is 6.35. The largest absolute Gasteiger partial charge is 0.361 e. The quantitative estimate of drug-likeness (QED) is 0.712. The summed E-state index contributed by atoms with van der Waals surface area (Å²) in [5.74, 6) is -0.925. The molecule has 0 radical (unpaired) electrons. The smallest absolute Gasteiger partial charge is 0.261 e. The Labute approximate surface area is 149 Å². The SMILES string of the molecule is Cc1ccc2c(c1)C(=O)N(CCC(=O)Nc1cccc3[nH]ccc13)C2=O. The minimum absolute atomic E-state index is 0.0469. The first-order valence-electron chi connectivity index (χ1n) is 8.37. The van der Waals surface area contributed by atoms with E-state index in [1.165, 1.54) is 0 Å². The van der Waals surface area contributed by atoms with Gasteiger partial charge in [-0.05, 0) is 37.3 Å². The molecule has 0 bridgehead atoms. The van der Waals surface area contributed by atoms with E-state index in [2.05, 4.69) is 10.3 Å². The van der Waals surface area contributed by atoms with Gasteiger partial charge >= 0.3 is 0 Å². The van der Waals surface area contributed by atoms with Gasteiger partial charge in [-0.15, -0.1) is 0 Å². The Morgan fingerprint density at radius 3 is 2.73 bits per heavy atom. The molecule has 4 rings (SSSR count). The molecule has 130 valence electrons. The second-order valence-corrected chi connectivity index (χ2v) is 6.35. The van der Waals surface area contributed by atoms with E-state index in [4.69, 9.17) is 0 Å². The van der Waals surface area contributed by atoms with E-state index in [1.54, 1.807) is 24.4 Å². The van der Waals surface area contributed by atoms with E-state index in [0.717, 1.165) is 21.4 Å². The molecule has 2 heterocycles. The number of nitrogens with one attached hydrogen (secondary N) is 2. The van der Waals surface area contributed by atoms with Crippen LogP contribution in [0.2, 0.25) is 0 Å². The summed E-state index contributed by atoms with van der Waals surface area (Å²) in [5, 5.41) is 3.76. The Morgan fingerprint density at radius 1 is 1.08 bits per heavy atom. The molecule has 0 fully saturated rings. The van der Waals surface area contributed by atoms with Crippen LogP contribution in [0.3, 0.4) is 0 Å². The average molecular weight is 347 g/mol. The highest BCUT2D eigenvalue weighted by Crippen LogP contribution is 2.25. The van der Waals surface area contributed by atoms with Crippen LogP contribution in [0.5, 0.6) is 0 Å². The molecule has 0 saturated carbocycles. The van der Waals surface area contributed by atoms with Crippen LogP contribution in [-0.4, -0.2) is 34.2 Å². The Bertz CT molecular complexity index is 1050. The Morgan fingerprint density at radius 2 is 1.88 bits per heavy atom. The zero-order chi connectivity index (χ0) is 18.3. The molecule has 3 amide bonds. The van der Waals surface area contributed by atoms with Crippen LogP contribution in [0.4, 0.5) is 5.69 Å². The van der Waals surface area contributed by atoms with Crippen LogP contribution in [0.1, 0.15) is 32.7 Å². The maximum atomic E-state index is 12.4. The van der Waals surface area contributed by atoms with Gasteiger partial charge in [-0.25, -0.2) is 0 Å². The van der Waals surface area contributed by atoms with Crippen molar-refractivity contribution in [2.75, 3.05) is 11.9 Å². The fraction of sp³-hybridized carbons (Fsp3) is 0.150. The van der Waals surface area contributed by atoms with Crippen LogP contribution in [0, 0.1) is 6.92 Å². The standard InChI is InChI=1S/C20H17N3O3/c1-12-5-6-13-15(11-12)20(26)23(19(13)25)10-8-18(24)22-17-4-2-3-16-14(17)7-9-21-16/h2-7,9,11,21H,8,10H2,1H3,(H,22,24). The highest BCUT2D eigenvalue weighted by Gasteiger charge is 2.35. The van der Waals surface area contributed by atoms with Crippen molar-refractivity contribution in [1.29, 1.82) is 0 Å². The number of aromatic nitrogens is 1. The number of carbonyl (C=O) groups excluding carboxylic acids is 3. The molecule has 0 unspecified atom stereocenters. The molecule has 2 N–H and O–H groups in total. The molecular formula is C20H17N3O3. The number of carbonyl (C=O) groups is 3. The normalized spacial score (nSPS) is 13.3. The molecule has 0 saturated heterocycles. The number of imide groups is 1. The van der Waals surface area contributed by atoms with Crippen molar-refractivity contribution in [2.45, 2.75) is 13.3 Å². The lowest BCUT2D eigenvalue weighted by Gasteiger charge is -2.13. The lowest BCUT2D eigenvalue weighted by atomic mass is 10.1. The van der Waals surface area contributed by atoms with Crippen LogP contribution in [-0.2, 0) is 4.79 Å². The van der Waals surface area contributed by atoms with Crippen molar-refractivity contribution in [2.24, 2.45) is 0 Å². The van der Waals surface area contributed by atoms with Gasteiger partial charge in [0, 0.05) is 30.1 Å². The highest BCUT2D eigenvalue weighted by atomic mass is 16.2. The van der Waals surface area contributed by atoms with Crippen LogP contribution in [0.15, 0.2) is 48.7 Å². The third-order valence-corrected chi connectivity index (χ3v) is 4.56. The number of aromatic amines is 1. The molecule has 0 spiro atoms. The number of benzene rings is 2. The summed E-state index contributed by atoms with van der Waals surface area (Å²) in [6.07, 6.45) is 1.85. The molecule has 26 heavy (non-hydrogen) atoms. The number of hydrogen-bond donors (Lipinski definition) is 2. The van der Waals surface area contributed by atoms with Crippen LogP contribution >= 0.6 is 0 Å². The second kappa shape index (κ2) is 6.15. The van der Waals surface area contributed by atoms with E-state index in [1.807, 2.05) is 31.2 Å². The number of H-pyrrole nitrogens is 1. The lowest BCUT2D eigenvalue weighted by Crippen LogP contribution is -2.32. The predicted molar refractivity (Wildman–Crippen MR) is 98.1 cm³/mol. The van der Waals surface area contributed by atoms with Gasteiger partial charge in [-0.1, -0.05) is 17.7 Å². The zero-order valence-electron chi connectivity index (χ0n) is 14.2. The monoisotopic (exact) mass is 347 g/mol. The molecule has 0 aliphatic carbocycles. The Balaban J connectivity index is 1.45. The number of anilines is 1. The van der Waals surface area contributed by atoms with E-state index in [-0.39, 0.29) is 30.7 Å². The summed E-state index contributed by atoms with van der Waals surface area (Å²) in [5.41, 5.74) is 3.36. The summed E-state index contributed by atoms with van der Waals surface area (Å²) in [4.78, 5) is 41.4. The Hall–Kier alpha value is -3.41. The number of nitrogens with zero attached hydrogens (tertiary/aromatic N) is 1. The van der Waals surface area contributed by atoms with Crippen molar-refractivity contribution in [3.8, 4) is 0 Å². The van der Waals surface area contributed by atoms with Gasteiger partial charge in [-0.2, -0.15) is 0 Å². The predicted octanol–water partition coefficient (Wildman–Crippen LogP) is 3.10. The van der Waals surface area contributed by atoms with Gasteiger partial charge in [0.15, 0.2) is 0 Å². The van der Waals surface area contributed by atoms with Crippen LogP contribution in [0.25, 0.3) is 10.9 Å². The van der Waals surface area contributed by atoms with Gasteiger partial charge in [-0.3, -0.25) is 19.3 Å². The molecule has 3 aromatic rings. The molecule has 1 aliphatic rings. The Kier molecular flexibility index (Phi) is 3.80. The van der Waals surface area contributed by atoms with Crippen molar-refractivity contribution in [1.82, 2.24) is 9.88 Å². The summed E-state index contributed by atoms with van der Waals surface area (Å²) in [6.45, 7) is 1.93. The molecule has 6 heteroatoms. The topological polar surface area (TPSA) is 82.3 Å². The van der Waals surface area contributed by atoms with Gasteiger partial charge in [0.25, 0.3) is 11.8 Å². The summed E-state index contributed by atoms with van der Waals surface area (Å²) < 4.78 is 0. The van der Waals surface area contributed by atoms with E-state index >= 15 is 0 Å². The summed E-state index contributed by atoms with van der Waals surface area (Å²) in [6, 6.07) is 12.7. The van der Waals surface area contributed by atoms with Crippen molar-refractivity contribution >= 4 is 34.3 Å². The van der Waals surface area contributed by atoms with Gasteiger partial charge in [0.05, 0.1) is 16.8 Å². The number of fused-ring (bicyclic) bond motifs is 2. The molecular weight excluding hydrogens is 330 g/mol. The molecule has 1 aromatic heterocycles. The molecule has 0 atom stereocenters. The van der Waals surface area contributed by atoms with Crippen molar-refractivity contribution in [3.05, 3.63) is 65.4 Å².